The Kier molecular flexibility index (Phi) is 3.33. The molecule has 4 amide bonds. The number of carbonyl (C=O) groups excluding carboxylic acids is 4. The van der Waals surface area contributed by atoms with Crippen LogP contribution in [0.15, 0.2) is 0 Å². The fourth-order valence-electron chi connectivity index (χ4n) is 0.930. The number of hydrogen-bond acceptors (Lipinski definition) is 4. The van der Waals surface area contributed by atoms with Crippen LogP contribution in [0.4, 0.5) is 0 Å². The third-order valence-corrected chi connectivity index (χ3v) is 1.60. The minimum atomic E-state index is -0.273. The molecule has 0 bridgehead atoms. The number of nitrogens with zero attached hydrogens (tertiary/aromatic N) is 2. The van der Waals surface area contributed by atoms with Crippen molar-refractivity contribution < 1.29 is 19.2 Å². The van der Waals surface area contributed by atoms with Crippen LogP contribution in [0.1, 0.15) is 25.7 Å². The first-order valence-electron chi connectivity index (χ1n) is 4.13. The van der Waals surface area contributed by atoms with E-state index in [-0.39, 0.29) is 23.6 Å². The first kappa shape index (κ1) is 10.4. The largest absolute Gasteiger partial charge is 0.272 e. The zero-order valence-electron chi connectivity index (χ0n) is 7.36. The third-order valence-electron chi connectivity index (χ3n) is 1.60. The Morgan fingerprint density at radius 1 is 0.571 bits per heavy atom. The fourth-order valence-corrected chi connectivity index (χ4v) is 0.930. The maximum Gasteiger partial charge on any atom is 0.249 e. The molecule has 2 saturated heterocycles. The lowest BCUT2D eigenvalue weighted by Gasteiger charge is -1.74. The number of hydrogen-bond donors (Lipinski definition) is 0. The summed E-state index contributed by atoms with van der Waals surface area (Å²) in [4.78, 5) is 40.3. The van der Waals surface area contributed by atoms with Gasteiger partial charge in [-0.3, -0.25) is 19.2 Å². The molecule has 6 nitrogen and oxygen atoms in total. The second kappa shape index (κ2) is 4.50. The number of rotatable bonds is 0. The van der Waals surface area contributed by atoms with E-state index in [9.17, 15) is 19.2 Å². The number of amides is 4. The van der Waals surface area contributed by atoms with Crippen LogP contribution in [0.3, 0.4) is 0 Å². The Morgan fingerprint density at radius 3 is 0.857 bits per heavy atom. The molecule has 0 aliphatic carbocycles. The Labute approximate surface area is 80.0 Å². The van der Waals surface area contributed by atoms with Crippen molar-refractivity contribution in [3.05, 3.63) is 0 Å². The van der Waals surface area contributed by atoms with Crippen molar-refractivity contribution in [3.8, 4) is 0 Å². The van der Waals surface area contributed by atoms with Gasteiger partial charge in [-0.2, -0.15) is 10.6 Å². The quantitative estimate of drug-likeness (QED) is 0.458. The van der Waals surface area contributed by atoms with Crippen molar-refractivity contribution in [2.75, 3.05) is 0 Å². The summed E-state index contributed by atoms with van der Waals surface area (Å²) in [7, 11) is 0. The molecule has 2 heterocycles. The maximum absolute atomic E-state index is 10.1. The predicted octanol–water partition coefficient (Wildman–Crippen LogP) is -1.12. The average molecular weight is 196 g/mol. The van der Waals surface area contributed by atoms with Crippen LogP contribution in [0.25, 0.3) is 0 Å². The van der Waals surface area contributed by atoms with Crippen LogP contribution in [0.5, 0.6) is 0 Å². The highest BCUT2D eigenvalue weighted by molar-refractivity contribution is 6.01. The van der Waals surface area contributed by atoms with Crippen molar-refractivity contribution in [1.29, 1.82) is 0 Å². The minimum Gasteiger partial charge on any atom is -0.272 e. The Balaban J connectivity index is 0.000000140. The third kappa shape index (κ3) is 3.34. The van der Waals surface area contributed by atoms with Crippen LogP contribution < -0.4 is 10.6 Å². The molecule has 2 fully saturated rings. The summed E-state index contributed by atoms with van der Waals surface area (Å²) in [6, 6.07) is 0. The highest BCUT2D eigenvalue weighted by Gasteiger charge is 2.19. The topological polar surface area (TPSA) is 96.5 Å². The van der Waals surface area contributed by atoms with Crippen molar-refractivity contribution in [1.82, 2.24) is 10.6 Å². The molecule has 0 aromatic heterocycles. The van der Waals surface area contributed by atoms with Gasteiger partial charge in [0.1, 0.15) is 0 Å². The standard InChI is InChI=1S/2C4H4NO2/c2*6-3-1-2-4(7)5-3/h2*1-2H2. The highest BCUT2D eigenvalue weighted by Crippen LogP contribution is 1.98. The highest BCUT2D eigenvalue weighted by atomic mass is 16.2. The molecule has 0 aromatic carbocycles. The molecule has 0 aromatic rings. The van der Waals surface area contributed by atoms with E-state index >= 15 is 0 Å². The Hall–Kier alpha value is -1.72. The van der Waals surface area contributed by atoms with Gasteiger partial charge >= 0.3 is 0 Å². The molecule has 74 valence electrons. The van der Waals surface area contributed by atoms with Gasteiger partial charge in [0.05, 0.1) is 0 Å². The molecule has 0 unspecified atom stereocenters. The maximum atomic E-state index is 10.1. The van der Waals surface area contributed by atoms with E-state index in [4.69, 9.17) is 0 Å². The van der Waals surface area contributed by atoms with Gasteiger partial charge in [-0.1, -0.05) is 0 Å². The van der Waals surface area contributed by atoms with E-state index in [0.717, 1.165) is 0 Å². The first-order chi connectivity index (χ1) is 6.58. The summed E-state index contributed by atoms with van der Waals surface area (Å²) < 4.78 is 0. The SMILES string of the molecule is O=C1CCC(=O)[N]1.O=C1CCC(=O)[N]1. The Morgan fingerprint density at radius 2 is 0.786 bits per heavy atom. The molecule has 2 aliphatic rings. The van der Waals surface area contributed by atoms with E-state index in [2.05, 4.69) is 10.6 Å². The monoisotopic (exact) mass is 196 g/mol. The summed E-state index contributed by atoms with van der Waals surface area (Å²) in [6.07, 6.45) is 1.27. The van der Waals surface area contributed by atoms with Crippen molar-refractivity contribution in [2.45, 2.75) is 25.7 Å². The smallest absolute Gasteiger partial charge is 0.249 e. The van der Waals surface area contributed by atoms with Crippen LogP contribution in [0.2, 0.25) is 0 Å². The molecule has 0 atom stereocenters. The predicted molar refractivity (Wildman–Crippen MR) is 42.8 cm³/mol. The molecule has 2 radical (unpaired) electrons. The molecule has 0 N–H and O–H groups in total. The van der Waals surface area contributed by atoms with Gasteiger partial charge in [-0.05, 0) is 0 Å². The summed E-state index contributed by atoms with van der Waals surface area (Å²) in [5.41, 5.74) is 0. The summed E-state index contributed by atoms with van der Waals surface area (Å²) in [5, 5.41) is 6.22. The minimum absolute atomic E-state index is 0.273. The van der Waals surface area contributed by atoms with Gasteiger partial charge in [0.15, 0.2) is 0 Å². The zero-order chi connectivity index (χ0) is 10.6. The number of carbonyl (C=O) groups is 4. The normalized spacial score (nSPS) is 20.0. The van der Waals surface area contributed by atoms with Crippen LogP contribution >= 0.6 is 0 Å². The van der Waals surface area contributed by atoms with Crippen molar-refractivity contribution in [3.63, 3.8) is 0 Å². The molecular formula is C8H8N2O4. The zero-order valence-corrected chi connectivity index (χ0v) is 7.36. The lowest BCUT2D eigenvalue weighted by molar-refractivity contribution is -0.126. The van der Waals surface area contributed by atoms with Gasteiger partial charge in [-0.15, -0.1) is 0 Å². The molecule has 2 aliphatic heterocycles. The van der Waals surface area contributed by atoms with Gasteiger partial charge in [-0.25, -0.2) is 0 Å². The van der Waals surface area contributed by atoms with E-state index in [1.54, 1.807) is 0 Å². The van der Waals surface area contributed by atoms with E-state index < -0.39 is 0 Å². The first-order valence-corrected chi connectivity index (χ1v) is 4.13. The van der Waals surface area contributed by atoms with Crippen molar-refractivity contribution >= 4 is 23.6 Å². The Bertz CT molecular complexity index is 240. The van der Waals surface area contributed by atoms with E-state index in [1.807, 2.05) is 0 Å². The molecule has 0 saturated carbocycles. The van der Waals surface area contributed by atoms with Gasteiger partial charge < -0.3 is 0 Å². The van der Waals surface area contributed by atoms with Gasteiger partial charge in [0, 0.05) is 25.7 Å². The molecule has 2 rings (SSSR count). The second-order valence-electron chi connectivity index (χ2n) is 2.80. The fraction of sp³-hybridized carbons (Fsp3) is 0.500. The molecule has 0 spiro atoms. The van der Waals surface area contributed by atoms with E-state index in [0.29, 0.717) is 25.7 Å². The molecule has 6 heteroatoms. The summed E-state index contributed by atoms with van der Waals surface area (Å²) in [5.74, 6) is -1.09. The van der Waals surface area contributed by atoms with Crippen LogP contribution in [-0.2, 0) is 19.2 Å². The molecule has 14 heavy (non-hydrogen) atoms. The number of imide groups is 2. The summed E-state index contributed by atoms with van der Waals surface area (Å²) in [6.45, 7) is 0. The van der Waals surface area contributed by atoms with Gasteiger partial charge in [0.25, 0.3) is 0 Å². The van der Waals surface area contributed by atoms with Crippen LogP contribution in [0, 0.1) is 0 Å². The van der Waals surface area contributed by atoms with Crippen molar-refractivity contribution in [2.24, 2.45) is 0 Å². The summed E-state index contributed by atoms with van der Waals surface area (Å²) >= 11 is 0. The van der Waals surface area contributed by atoms with E-state index in [1.165, 1.54) is 0 Å². The molecular weight excluding hydrogens is 188 g/mol. The second-order valence-corrected chi connectivity index (χ2v) is 2.80. The lowest BCUT2D eigenvalue weighted by atomic mass is 10.4. The average Bonchev–Trinajstić information content (AvgIpc) is 2.63. The van der Waals surface area contributed by atoms with Gasteiger partial charge in [0.2, 0.25) is 23.6 Å². The lowest BCUT2D eigenvalue weighted by Crippen LogP contribution is -2.09. The van der Waals surface area contributed by atoms with Crippen LogP contribution in [-0.4, -0.2) is 23.6 Å².